The van der Waals surface area contributed by atoms with E-state index < -0.39 is 11.9 Å². The molecular weight excluding hydrogens is 272 g/mol. The highest BCUT2D eigenvalue weighted by Gasteiger charge is 2.19. The molecule has 1 aromatic heterocycles. The molecule has 0 spiro atoms. The lowest BCUT2D eigenvalue weighted by Gasteiger charge is -2.19. The van der Waals surface area contributed by atoms with Gasteiger partial charge in [0.25, 0.3) is 5.91 Å². The van der Waals surface area contributed by atoms with Crippen LogP contribution in [0.4, 0.5) is 0 Å². The topological polar surface area (TPSA) is 99.2 Å². The quantitative estimate of drug-likeness (QED) is 0.863. The van der Waals surface area contributed by atoms with E-state index in [4.69, 9.17) is 5.11 Å². The van der Waals surface area contributed by atoms with Gasteiger partial charge in [-0.15, -0.1) is 0 Å². The van der Waals surface area contributed by atoms with Crippen LogP contribution in [0.1, 0.15) is 17.3 Å². The predicted octanol–water partition coefficient (Wildman–Crippen LogP) is 1.26. The summed E-state index contributed by atoms with van der Waals surface area (Å²) in [6.07, 6.45) is 1.39. The van der Waals surface area contributed by atoms with Gasteiger partial charge in [-0.05, 0) is 12.1 Å². The first-order chi connectivity index (χ1) is 9.99. The molecule has 21 heavy (non-hydrogen) atoms. The van der Waals surface area contributed by atoms with Gasteiger partial charge in [-0.1, -0.05) is 19.1 Å². The number of amides is 1. The normalized spacial score (nSPS) is 11.9. The fourth-order valence-corrected chi connectivity index (χ4v) is 1.94. The van der Waals surface area contributed by atoms with E-state index in [-0.39, 0.29) is 12.5 Å². The standard InChI is InChI=1S/C14H16N4O3/c1-9(14(20)21)7-18(2)13(19)11-5-3-4-10(6-11)12-15-8-16-17-12/h3-6,8-9H,7H2,1-2H3,(H,20,21)(H,15,16,17). The minimum absolute atomic E-state index is 0.153. The molecule has 0 aliphatic rings. The van der Waals surface area contributed by atoms with Crippen LogP contribution in [0.3, 0.4) is 0 Å². The van der Waals surface area contributed by atoms with Gasteiger partial charge in [-0.3, -0.25) is 14.7 Å². The Balaban J connectivity index is 2.16. The average Bonchev–Trinajstić information content (AvgIpc) is 3.00. The number of aromatic nitrogens is 3. The summed E-state index contributed by atoms with van der Waals surface area (Å²) in [5.41, 5.74) is 1.22. The molecule has 1 aromatic carbocycles. The highest BCUT2D eigenvalue weighted by atomic mass is 16.4. The van der Waals surface area contributed by atoms with E-state index >= 15 is 0 Å². The van der Waals surface area contributed by atoms with Crippen LogP contribution in [0.25, 0.3) is 11.4 Å². The van der Waals surface area contributed by atoms with E-state index in [9.17, 15) is 9.59 Å². The maximum atomic E-state index is 12.3. The number of rotatable bonds is 5. The van der Waals surface area contributed by atoms with Gasteiger partial charge in [0.05, 0.1) is 5.92 Å². The van der Waals surface area contributed by atoms with Crippen molar-refractivity contribution in [3.05, 3.63) is 36.2 Å². The third-order valence-electron chi connectivity index (χ3n) is 3.11. The maximum Gasteiger partial charge on any atom is 0.308 e. The molecule has 110 valence electrons. The second kappa shape index (κ2) is 6.17. The van der Waals surface area contributed by atoms with Gasteiger partial charge in [0.2, 0.25) is 0 Å². The number of carboxylic acid groups (broad SMARTS) is 1. The number of nitrogens with one attached hydrogen (secondary N) is 1. The zero-order valence-corrected chi connectivity index (χ0v) is 11.8. The molecule has 0 aliphatic carbocycles. The van der Waals surface area contributed by atoms with Crippen LogP contribution in [0.2, 0.25) is 0 Å². The number of aliphatic carboxylic acids is 1. The van der Waals surface area contributed by atoms with Gasteiger partial charge in [0.15, 0.2) is 5.82 Å². The fourth-order valence-electron chi connectivity index (χ4n) is 1.94. The number of nitrogens with zero attached hydrogens (tertiary/aromatic N) is 3. The number of aromatic amines is 1. The number of benzene rings is 1. The number of carbonyl (C=O) groups excluding carboxylic acids is 1. The second-order valence-electron chi connectivity index (χ2n) is 4.84. The molecule has 0 saturated carbocycles. The van der Waals surface area contributed by atoms with E-state index in [0.717, 1.165) is 5.56 Å². The molecule has 0 bridgehead atoms. The van der Waals surface area contributed by atoms with Gasteiger partial charge in [0, 0.05) is 24.7 Å². The van der Waals surface area contributed by atoms with Crippen molar-refractivity contribution in [2.75, 3.05) is 13.6 Å². The van der Waals surface area contributed by atoms with Gasteiger partial charge in [-0.25, -0.2) is 4.98 Å². The minimum atomic E-state index is -0.926. The predicted molar refractivity (Wildman–Crippen MR) is 75.6 cm³/mol. The Hall–Kier alpha value is -2.70. The van der Waals surface area contributed by atoms with Gasteiger partial charge in [-0.2, -0.15) is 5.10 Å². The van der Waals surface area contributed by atoms with Crippen LogP contribution in [0.5, 0.6) is 0 Å². The lowest BCUT2D eigenvalue weighted by atomic mass is 10.1. The van der Waals surface area contributed by atoms with Crippen molar-refractivity contribution >= 4 is 11.9 Å². The Morgan fingerprint density at radius 2 is 2.19 bits per heavy atom. The molecule has 2 aromatic rings. The third-order valence-corrected chi connectivity index (χ3v) is 3.11. The Morgan fingerprint density at radius 1 is 1.43 bits per heavy atom. The summed E-state index contributed by atoms with van der Waals surface area (Å²) in [5.74, 6) is -1.20. The number of H-pyrrole nitrogens is 1. The molecule has 7 nitrogen and oxygen atoms in total. The average molecular weight is 288 g/mol. The smallest absolute Gasteiger partial charge is 0.308 e. The lowest BCUT2D eigenvalue weighted by molar-refractivity contribution is -0.141. The van der Waals surface area contributed by atoms with E-state index in [2.05, 4.69) is 15.2 Å². The van der Waals surface area contributed by atoms with Gasteiger partial charge in [0.1, 0.15) is 6.33 Å². The first-order valence-electron chi connectivity index (χ1n) is 6.43. The van der Waals surface area contributed by atoms with Crippen LogP contribution < -0.4 is 0 Å². The zero-order chi connectivity index (χ0) is 15.4. The summed E-state index contributed by atoms with van der Waals surface area (Å²) < 4.78 is 0. The molecule has 0 aliphatic heterocycles. The van der Waals surface area contributed by atoms with Crippen LogP contribution >= 0.6 is 0 Å². The number of hydrogen-bond acceptors (Lipinski definition) is 4. The van der Waals surface area contributed by atoms with Gasteiger partial charge < -0.3 is 10.0 Å². The summed E-state index contributed by atoms with van der Waals surface area (Å²) in [5, 5.41) is 15.4. The minimum Gasteiger partial charge on any atom is -0.481 e. The fraction of sp³-hybridized carbons (Fsp3) is 0.286. The highest BCUT2D eigenvalue weighted by Crippen LogP contribution is 2.16. The molecule has 1 heterocycles. The summed E-state index contributed by atoms with van der Waals surface area (Å²) in [7, 11) is 1.59. The Bertz CT molecular complexity index is 639. The number of hydrogen-bond donors (Lipinski definition) is 2. The zero-order valence-electron chi connectivity index (χ0n) is 11.8. The van der Waals surface area contributed by atoms with E-state index in [0.29, 0.717) is 11.4 Å². The Morgan fingerprint density at radius 3 is 2.81 bits per heavy atom. The van der Waals surface area contributed by atoms with E-state index in [1.54, 1.807) is 32.2 Å². The highest BCUT2D eigenvalue weighted by molar-refractivity contribution is 5.95. The number of carbonyl (C=O) groups is 2. The molecule has 0 fully saturated rings. The van der Waals surface area contributed by atoms with Crippen molar-refractivity contribution in [2.45, 2.75) is 6.92 Å². The van der Waals surface area contributed by atoms with Crippen LogP contribution in [0, 0.1) is 5.92 Å². The second-order valence-corrected chi connectivity index (χ2v) is 4.84. The van der Waals surface area contributed by atoms with Crippen molar-refractivity contribution in [3.8, 4) is 11.4 Å². The van der Waals surface area contributed by atoms with Crippen LogP contribution in [-0.2, 0) is 4.79 Å². The molecule has 1 unspecified atom stereocenters. The Labute approximate surface area is 121 Å². The molecule has 0 saturated heterocycles. The molecule has 2 N–H and O–H groups in total. The summed E-state index contributed by atoms with van der Waals surface area (Å²) in [6, 6.07) is 6.95. The maximum absolute atomic E-state index is 12.3. The van der Waals surface area contributed by atoms with Crippen molar-refractivity contribution in [1.29, 1.82) is 0 Å². The molecule has 7 heteroatoms. The molecule has 1 amide bonds. The first kappa shape index (κ1) is 14.7. The van der Waals surface area contributed by atoms with E-state index in [1.165, 1.54) is 11.2 Å². The lowest BCUT2D eigenvalue weighted by Crippen LogP contribution is -2.33. The summed E-state index contributed by atoms with van der Waals surface area (Å²) in [4.78, 5) is 28.6. The van der Waals surface area contributed by atoms with Crippen LogP contribution in [0.15, 0.2) is 30.6 Å². The van der Waals surface area contributed by atoms with Crippen molar-refractivity contribution in [2.24, 2.45) is 5.92 Å². The molecule has 0 radical (unpaired) electrons. The molecular formula is C14H16N4O3. The summed E-state index contributed by atoms with van der Waals surface area (Å²) in [6.45, 7) is 1.72. The summed E-state index contributed by atoms with van der Waals surface area (Å²) >= 11 is 0. The monoisotopic (exact) mass is 288 g/mol. The van der Waals surface area contributed by atoms with Gasteiger partial charge >= 0.3 is 5.97 Å². The molecule has 2 rings (SSSR count). The largest absolute Gasteiger partial charge is 0.481 e. The number of carboxylic acids is 1. The van der Waals surface area contributed by atoms with Crippen molar-refractivity contribution in [1.82, 2.24) is 20.1 Å². The first-order valence-corrected chi connectivity index (χ1v) is 6.43. The Kier molecular flexibility index (Phi) is 4.32. The van der Waals surface area contributed by atoms with Crippen LogP contribution in [-0.4, -0.2) is 50.7 Å². The molecule has 1 atom stereocenters. The SMILES string of the molecule is CC(CN(C)C(=O)c1cccc(-c2ncn[nH]2)c1)C(=O)O. The van der Waals surface area contributed by atoms with E-state index in [1.807, 2.05) is 6.07 Å². The van der Waals surface area contributed by atoms with Crippen molar-refractivity contribution < 1.29 is 14.7 Å². The van der Waals surface area contributed by atoms with Crippen molar-refractivity contribution in [3.63, 3.8) is 0 Å². The third kappa shape index (κ3) is 3.44.